The molecule has 1 heterocycles. The van der Waals surface area contributed by atoms with Gasteiger partial charge in [0.05, 0.1) is 5.56 Å². The third-order valence-electron chi connectivity index (χ3n) is 1.46. The molecule has 15 heavy (non-hydrogen) atoms. The zero-order valence-corrected chi connectivity index (χ0v) is 7.71. The maximum Gasteiger partial charge on any atom is 0.434 e. The molecule has 0 fully saturated rings. The molecule has 0 spiro atoms. The summed E-state index contributed by atoms with van der Waals surface area (Å²) in [6.45, 7) is 0. The Morgan fingerprint density at radius 3 is 1.87 bits per heavy atom. The van der Waals surface area contributed by atoms with Gasteiger partial charge in [0.1, 0.15) is 0 Å². The topological polar surface area (TPSA) is 12.9 Å². The van der Waals surface area contributed by atoms with Crippen LogP contribution in [0.15, 0.2) is 17.2 Å². The molecule has 1 aromatic rings. The second-order valence-corrected chi connectivity index (χ2v) is 3.07. The molecule has 1 nitrogen and oxygen atoms in total. The van der Waals surface area contributed by atoms with Crippen molar-refractivity contribution >= 4 is 12.6 Å². The van der Waals surface area contributed by atoms with E-state index in [-0.39, 0.29) is 6.20 Å². The van der Waals surface area contributed by atoms with Crippen molar-refractivity contribution in [2.45, 2.75) is 17.2 Å². The number of aromatic nitrogens is 1. The fourth-order valence-electron chi connectivity index (χ4n) is 0.827. The van der Waals surface area contributed by atoms with Crippen LogP contribution in [0.25, 0.3) is 0 Å². The third kappa shape index (κ3) is 2.77. The summed E-state index contributed by atoms with van der Waals surface area (Å²) in [4.78, 5) is 1.84. The summed E-state index contributed by atoms with van der Waals surface area (Å²) in [6.07, 6.45) is -9.40. The highest BCUT2D eigenvalue weighted by atomic mass is 32.1. The molecule has 0 aliphatic heterocycles. The van der Waals surface area contributed by atoms with Crippen LogP contribution in [0.5, 0.6) is 0 Å². The summed E-state index contributed by atoms with van der Waals surface area (Å²) in [5.74, 6) is 0. The molecule has 0 aliphatic rings. The van der Waals surface area contributed by atoms with Gasteiger partial charge in [-0.15, -0.1) is 12.6 Å². The van der Waals surface area contributed by atoms with Gasteiger partial charge in [-0.05, 0) is 6.07 Å². The van der Waals surface area contributed by atoms with Gasteiger partial charge in [0.15, 0.2) is 5.69 Å². The van der Waals surface area contributed by atoms with Crippen molar-refractivity contribution in [2.75, 3.05) is 0 Å². The highest BCUT2D eigenvalue weighted by molar-refractivity contribution is 7.80. The minimum absolute atomic E-state index is 0.128. The first-order valence-corrected chi connectivity index (χ1v) is 3.90. The zero-order valence-electron chi connectivity index (χ0n) is 6.82. The van der Waals surface area contributed by atoms with E-state index < -0.39 is 28.5 Å². The van der Waals surface area contributed by atoms with E-state index in [1.165, 1.54) is 0 Å². The Balaban J connectivity index is 3.21. The lowest BCUT2D eigenvalue weighted by atomic mass is 10.2. The van der Waals surface area contributed by atoms with Crippen LogP contribution in [-0.2, 0) is 12.4 Å². The first-order chi connectivity index (χ1) is 6.62. The van der Waals surface area contributed by atoms with E-state index in [1.54, 1.807) is 0 Å². The van der Waals surface area contributed by atoms with Crippen LogP contribution in [0, 0.1) is 0 Å². The minimum Gasteiger partial charge on any atom is -0.250 e. The molecule has 0 saturated carbocycles. The van der Waals surface area contributed by atoms with Crippen LogP contribution in [0.2, 0.25) is 0 Å². The number of halogens is 6. The van der Waals surface area contributed by atoms with Crippen LogP contribution in [0.3, 0.4) is 0 Å². The summed E-state index contributed by atoms with van der Waals surface area (Å²) in [6, 6.07) is 0.291. The van der Waals surface area contributed by atoms with E-state index >= 15 is 0 Å². The maximum atomic E-state index is 12.1. The summed E-state index contributed by atoms with van der Waals surface area (Å²) in [7, 11) is 0. The Labute approximate surface area is 85.5 Å². The molecule has 0 radical (unpaired) electrons. The first-order valence-electron chi connectivity index (χ1n) is 3.46. The molecular formula is C7H3F6NS. The smallest absolute Gasteiger partial charge is 0.250 e. The molecule has 84 valence electrons. The molecule has 1 rings (SSSR count). The predicted molar refractivity (Wildman–Crippen MR) is 41.5 cm³/mol. The second kappa shape index (κ2) is 3.58. The largest absolute Gasteiger partial charge is 0.434 e. The number of hydrogen-bond acceptors (Lipinski definition) is 2. The SMILES string of the molecule is FC(F)(F)c1cnc(C(F)(F)F)c(S)c1. The summed E-state index contributed by atoms with van der Waals surface area (Å²) >= 11 is 3.31. The highest BCUT2D eigenvalue weighted by Crippen LogP contribution is 2.35. The average Bonchev–Trinajstić information content (AvgIpc) is 1.99. The van der Waals surface area contributed by atoms with E-state index in [0.717, 1.165) is 0 Å². The van der Waals surface area contributed by atoms with Crippen molar-refractivity contribution in [2.24, 2.45) is 0 Å². The van der Waals surface area contributed by atoms with Crippen molar-refractivity contribution in [1.82, 2.24) is 4.98 Å². The number of alkyl halides is 6. The lowest BCUT2D eigenvalue weighted by molar-refractivity contribution is -0.146. The van der Waals surface area contributed by atoms with E-state index in [4.69, 9.17) is 0 Å². The summed E-state index contributed by atoms with van der Waals surface area (Å²) < 4.78 is 72.4. The van der Waals surface area contributed by atoms with Gasteiger partial charge in [-0.2, -0.15) is 26.3 Å². The van der Waals surface area contributed by atoms with Gasteiger partial charge in [-0.1, -0.05) is 0 Å². The quantitative estimate of drug-likeness (QED) is 0.547. The molecule has 0 aromatic carbocycles. The van der Waals surface area contributed by atoms with Gasteiger partial charge in [-0.3, -0.25) is 4.98 Å². The molecule has 0 amide bonds. The Bertz CT molecular complexity index is 369. The summed E-state index contributed by atoms with van der Waals surface area (Å²) in [5.41, 5.74) is -2.70. The van der Waals surface area contributed by atoms with Gasteiger partial charge in [0.25, 0.3) is 0 Å². The second-order valence-electron chi connectivity index (χ2n) is 2.59. The fraction of sp³-hybridized carbons (Fsp3) is 0.286. The number of nitrogens with zero attached hydrogens (tertiary/aromatic N) is 1. The lowest BCUT2D eigenvalue weighted by Gasteiger charge is -2.11. The van der Waals surface area contributed by atoms with Crippen LogP contribution in [-0.4, -0.2) is 4.98 Å². The monoisotopic (exact) mass is 247 g/mol. The Hall–Kier alpha value is -0.920. The van der Waals surface area contributed by atoms with Crippen LogP contribution in [0.1, 0.15) is 11.3 Å². The van der Waals surface area contributed by atoms with Crippen molar-refractivity contribution in [3.8, 4) is 0 Å². The molecule has 0 unspecified atom stereocenters. The molecular weight excluding hydrogens is 244 g/mol. The minimum atomic E-state index is -4.80. The number of hydrogen-bond donors (Lipinski definition) is 1. The molecule has 0 aliphatic carbocycles. The fourth-order valence-corrected chi connectivity index (χ4v) is 1.15. The number of thiol groups is 1. The zero-order chi connectivity index (χ0) is 11.9. The van der Waals surface area contributed by atoms with Crippen LogP contribution < -0.4 is 0 Å². The molecule has 0 N–H and O–H groups in total. The predicted octanol–water partition coefficient (Wildman–Crippen LogP) is 3.41. The van der Waals surface area contributed by atoms with Gasteiger partial charge in [-0.25, -0.2) is 0 Å². The Kier molecular flexibility index (Phi) is 2.90. The Morgan fingerprint density at radius 2 is 1.53 bits per heavy atom. The van der Waals surface area contributed by atoms with Crippen molar-refractivity contribution in [3.63, 3.8) is 0 Å². The van der Waals surface area contributed by atoms with Crippen LogP contribution >= 0.6 is 12.6 Å². The third-order valence-corrected chi connectivity index (χ3v) is 1.80. The van der Waals surface area contributed by atoms with Crippen molar-refractivity contribution in [3.05, 3.63) is 23.5 Å². The van der Waals surface area contributed by atoms with Crippen molar-refractivity contribution < 1.29 is 26.3 Å². The summed E-state index contributed by atoms with van der Waals surface area (Å²) in [5, 5.41) is 0. The van der Waals surface area contributed by atoms with E-state index in [2.05, 4.69) is 17.6 Å². The first kappa shape index (κ1) is 12.2. The van der Waals surface area contributed by atoms with Gasteiger partial charge in [0, 0.05) is 11.1 Å². The highest BCUT2D eigenvalue weighted by Gasteiger charge is 2.37. The van der Waals surface area contributed by atoms with Crippen LogP contribution in [0.4, 0.5) is 26.3 Å². The molecule has 0 atom stereocenters. The average molecular weight is 247 g/mol. The van der Waals surface area contributed by atoms with E-state index in [0.29, 0.717) is 6.07 Å². The van der Waals surface area contributed by atoms with E-state index in [9.17, 15) is 26.3 Å². The standard InChI is InChI=1S/C7H3F6NS/c8-6(9,10)3-1-4(15)5(14-2-3)7(11,12)13/h1-2,15H. The lowest BCUT2D eigenvalue weighted by Crippen LogP contribution is -2.12. The van der Waals surface area contributed by atoms with Gasteiger partial charge >= 0.3 is 12.4 Å². The molecule has 0 saturated heterocycles. The molecule has 1 aromatic heterocycles. The van der Waals surface area contributed by atoms with Gasteiger partial charge in [0.2, 0.25) is 0 Å². The maximum absolute atomic E-state index is 12.1. The number of rotatable bonds is 0. The Morgan fingerprint density at radius 1 is 1.00 bits per heavy atom. The van der Waals surface area contributed by atoms with Gasteiger partial charge < -0.3 is 0 Å². The molecule has 0 bridgehead atoms. The number of pyridine rings is 1. The normalized spacial score (nSPS) is 13.0. The molecule has 8 heteroatoms. The van der Waals surface area contributed by atoms with Crippen molar-refractivity contribution in [1.29, 1.82) is 0 Å². The van der Waals surface area contributed by atoms with E-state index in [1.807, 2.05) is 0 Å².